The summed E-state index contributed by atoms with van der Waals surface area (Å²) < 4.78 is 6.18. The molecule has 3 rings (SSSR count). The van der Waals surface area contributed by atoms with Gasteiger partial charge in [-0.1, -0.05) is 12.1 Å². The minimum atomic E-state index is -0.139. The molecule has 3 aromatic rings. The van der Waals surface area contributed by atoms with Crippen molar-refractivity contribution in [2.45, 2.75) is 6.61 Å². The predicted octanol–water partition coefficient (Wildman–Crippen LogP) is 2.15. The van der Waals surface area contributed by atoms with Gasteiger partial charge in [-0.2, -0.15) is 0 Å². The van der Waals surface area contributed by atoms with Crippen molar-refractivity contribution in [3.05, 3.63) is 51.9 Å². The van der Waals surface area contributed by atoms with Crippen molar-refractivity contribution in [1.82, 2.24) is 9.97 Å². The molecule has 0 bridgehead atoms. The van der Waals surface area contributed by atoms with E-state index in [-0.39, 0.29) is 12.2 Å². The molecule has 2 heterocycles. The van der Waals surface area contributed by atoms with E-state index in [2.05, 4.69) is 9.97 Å². The van der Waals surface area contributed by atoms with E-state index in [1.165, 1.54) is 11.3 Å². The summed E-state index contributed by atoms with van der Waals surface area (Å²) >= 11 is 1.37. The molecule has 5 nitrogen and oxygen atoms in total. The topological polar surface area (TPSA) is 81.0 Å². The van der Waals surface area contributed by atoms with Crippen molar-refractivity contribution in [2.24, 2.45) is 0 Å². The molecule has 0 fully saturated rings. The Hall–Kier alpha value is -2.34. The van der Waals surface area contributed by atoms with Gasteiger partial charge in [0.15, 0.2) is 0 Å². The smallest absolute Gasteiger partial charge is 0.268 e. The largest absolute Gasteiger partial charge is 0.484 e. The number of benzene rings is 1. The van der Waals surface area contributed by atoms with Gasteiger partial charge >= 0.3 is 0 Å². The monoisotopic (exact) mass is 273 g/mol. The Labute approximate surface area is 112 Å². The maximum Gasteiger partial charge on any atom is 0.268 e. The van der Waals surface area contributed by atoms with E-state index in [4.69, 9.17) is 10.5 Å². The lowest BCUT2D eigenvalue weighted by Gasteiger charge is -2.07. The van der Waals surface area contributed by atoms with E-state index in [0.29, 0.717) is 27.5 Å². The first-order valence-electron chi connectivity index (χ1n) is 5.68. The van der Waals surface area contributed by atoms with Crippen LogP contribution in [0.1, 0.15) is 5.82 Å². The molecule has 6 heteroatoms. The molecular formula is C13H11N3O2S. The third-order valence-electron chi connectivity index (χ3n) is 2.65. The van der Waals surface area contributed by atoms with Gasteiger partial charge < -0.3 is 15.5 Å². The van der Waals surface area contributed by atoms with E-state index in [1.54, 1.807) is 12.1 Å². The van der Waals surface area contributed by atoms with Crippen LogP contribution in [0.4, 0.5) is 5.69 Å². The number of nitrogens with two attached hydrogens (primary N) is 1. The molecule has 0 aliphatic heterocycles. The van der Waals surface area contributed by atoms with Crippen LogP contribution in [0.5, 0.6) is 5.75 Å². The normalized spacial score (nSPS) is 10.7. The van der Waals surface area contributed by atoms with Gasteiger partial charge in [0, 0.05) is 0 Å². The summed E-state index contributed by atoms with van der Waals surface area (Å²) in [5.74, 6) is 1.06. The fraction of sp³-hybridized carbons (Fsp3) is 0.0769. The lowest BCUT2D eigenvalue weighted by molar-refractivity contribution is 0.297. The molecule has 0 saturated carbocycles. The third kappa shape index (κ3) is 2.30. The quantitative estimate of drug-likeness (QED) is 0.716. The Bertz CT molecular complexity index is 779. The second-order valence-corrected chi connectivity index (χ2v) is 4.89. The van der Waals surface area contributed by atoms with Crippen molar-refractivity contribution in [1.29, 1.82) is 0 Å². The minimum Gasteiger partial charge on any atom is -0.484 e. The Kier molecular flexibility index (Phi) is 2.92. The number of hydrogen-bond donors (Lipinski definition) is 2. The summed E-state index contributed by atoms with van der Waals surface area (Å²) in [7, 11) is 0. The number of hydrogen-bond acceptors (Lipinski definition) is 5. The number of aromatic nitrogens is 2. The van der Waals surface area contributed by atoms with Crippen LogP contribution in [0.15, 0.2) is 40.5 Å². The van der Waals surface area contributed by atoms with E-state index < -0.39 is 0 Å². The number of nitrogens with one attached hydrogen (secondary N) is 1. The zero-order valence-corrected chi connectivity index (χ0v) is 10.7. The van der Waals surface area contributed by atoms with Crippen LogP contribution in [0, 0.1) is 0 Å². The first kappa shape index (κ1) is 11.7. The standard InChI is InChI=1S/C13H11N3O2S/c14-8-3-1-2-4-10(8)18-7-11-15-9-5-6-19-12(9)13(17)16-11/h1-6H,7,14H2,(H,15,16,17). The summed E-state index contributed by atoms with van der Waals surface area (Å²) in [4.78, 5) is 18.8. The van der Waals surface area contributed by atoms with Crippen LogP contribution in [0.2, 0.25) is 0 Å². The molecule has 2 aromatic heterocycles. The van der Waals surface area contributed by atoms with Crippen LogP contribution in [0.3, 0.4) is 0 Å². The fourth-order valence-corrected chi connectivity index (χ4v) is 2.47. The van der Waals surface area contributed by atoms with Crippen LogP contribution in [-0.2, 0) is 6.61 Å². The average molecular weight is 273 g/mol. The van der Waals surface area contributed by atoms with Gasteiger partial charge in [-0.3, -0.25) is 4.79 Å². The maximum absolute atomic E-state index is 11.8. The SMILES string of the molecule is Nc1ccccc1OCc1nc2ccsc2c(=O)[nH]1. The van der Waals surface area contributed by atoms with E-state index in [9.17, 15) is 4.79 Å². The highest BCUT2D eigenvalue weighted by molar-refractivity contribution is 7.17. The highest BCUT2D eigenvalue weighted by Crippen LogP contribution is 2.20. The molecule has 0 unspecified atom stereocenters. The second-order valence-electron chi connectivity index (χ2n) is 3.97. The molecule has 3 N–H and O–H groups in total. The zero-order valence-electron chi connectivity index (χ0n) is 9.92. The summed E-state index contributed by atoms with van der Waals surface area (Å²) in [5.41, 5.74) is 6.88. The second kappa shape index (κ2) is 4.74. The van der Waals surface area contributed by atoms with E-state index in [1.807, 2.05) is 23.6 Å². The number of aromatic amines is 1. The average Bonchev–Trinajstić information content (AvgIpc) is 2.87. The minimum absolute atomic E-state index is 0.139. The lowest BCUT2D eigenvalue weighted by Crippen LogP contribution is -2.12. The molecule has 1 aromatic carbocycles. The van der Waals surface area contributed by atoms with Crippen LogP contribution in [0.25, 0.3) is 10.2 Å². The molecule has 0 aliphatic rings. The Morgan fingerprint density at radius 2 is 2.16 bits per heavy atom. The van der Waals surface area contributed by atoms with Crippen molar-refractivity contribution in [3.63, 3.8) is 0 Å². The molecule has 0 spiro atoms. The predicted molar refractivity (Wildman–Crippen MR) is 75.4 cm³/mol. The van der Waals surface area contributed by atoms with Crippen molar-refractivity contribution in [3.8, 4) is 5.75 Å². The van der Waals surface area contributed by atoms with Gasteiger partial charge in [0.2, 0.25) is 0 Å². The summed E-state index contributed by atoms with van der Waals surface area (Å²) in [5, 5.41) is 1.84. The number of fused-ring (bicyclic) bond motifs is 1. The molecule has 96 valence electrons. The highest BCUT2D eigenvalue weighted by Gasteiger charge is 2.06. The number of anilines is 1. The van der Waals surface area contributed by atoms with Crippen molar-refractivity contribution < 1.29 is 4.74 Å². The number of ether oxygens (including phenoxy) is 1. The van der Waals surface area contributed by atoms with Crippen molar-refractivity contribution >= 4 is 27.2 Å². The summed E-state index contributed by atoms with van der Waals surface area (Å²) in [6, 6.07) is 9.02. The lowest BCUT2D eigenvalue weighted by atomic mass is 10.3. The molecule has 0 amide bonds. The highest BCUT2D eigenvalue weighted by atomic mass is 32.1. The van der Waals surface area contributed by atoms with E-state index in [0.717, 1.165) is 0 Å². The van der Waals surface area contributed by atoms with E-state index >= 15 is 0 Å². The number of thiophene rings is 1. The molecule has 0 saturated heterocycles. The van der Waals surface area contributed by atoms with Gasteiger partial charge in [-0.05, 0) is 23.6 Å². The van der Waals surface area contributed by atoms with Crippen molar-refractivity contribution in [2.75, 3.05) is 5.73 Å². The third-order valence-corrected chi connectivity index (χ3v) is 3.55. The number of H-pyrrole nitrogens is 1. The molecule has 0 aliphatic carbocycles. The van der Waals surface area contributed by atoms with Gasteiger partial charge in [0.25, 0.3) is 5.56 Å². The maximum atomic E-state index is 11.8. The zero-order chi connectivity index (χ0) is 13.2. The van der Waals surface area contributed by atoms with Crippen LogP contribution < -0.4 is 16.0 Å². The van der Waals surface area contributed by atoms with Crippen LogP contribution in [-0.4, -0.2) is 9.97 Å². The first-order chi connectivity index (χ1) is 9.24. The van der Waals surface area contributed by atoms with Crippen LogP contribution >= 0.6 is 11.3 Å². The Morgan fingerprint density at radius 1 is 1.32 bits per heavy atom. The van der Waals surface area contributed by atoms with Gasteiger partial charge in [-0.15, -0.1) is 11.3 Å². The molecule has 19 heavy (non-hydrogen) atoms. The summed E-state index contributed by atoms with van der Waals surface area (Å²) in [6.07, 6.45) is 0. The summed E-state index contributed by atoms with van der Waals surface area (Å²) in [6.45, 7) is 0.176. The Morgan fingerprint density at radius 3 is 3.00 bits per heavy atom. The van der Waals surface area contributed by atoms with Gasteiger partial charge in [-0.25, -0.2) is 4.98 Å². The van der Waals surface area contributed by atoms with Gasteiger partial charge in [0.05, 0.1) is 11.2 Å². The molecule has 0 atom stereocenters. The molecule has 0 radical (unpaired) electrons. The molecular weight excluding hydrogens is 262 g/mol. The number of nitrogen functional groups attached to an aromatic ring is 1. The Balaban J connectivity index is 1.86. The fourth-order valence-electron chi connectivity index (χ4n) is 1.75. The number of rotatable bonds is 3. The first-order valence-corrected chi connectivity index (χ1v) is 6.56. The number of nitrogens with zero attached hydrogens (tertiary/aromatic N) is 1. The van der Waals surface area contributed by atoms with Gasteiger partial charge in [0.1, 0.15) is 22.9 Å². The number of para-hydroxylation sites is 2.